The Labute approximate surface area is 167 Å². The number of phenolic OH excluding ortho intramolecular Hbond substituents is 1. The molecular weight excluding hydrogens is 408 g/mol. The lowest BCUT2D eigenvalue weighted by atomic mass is 10.1. The normalized spacial score (nSPS) is 15.4. The number of carbonyl (C=O) groups is 3. The minimum Gasteiger partial charge on any atom is -0.508 e. The van der Waals surface area contributed by atoms with Crippen molar-refractivity contribution in [2.24, 2.45) is 0 Å². The second kappa shape index (κ2) is 7.91. The first kappa shape index (κ1) is 19.1. The Morgan fingerprint density at radius 3 is 2.74 bits per heavy atom. The van der Waals surface area contributed by atoms with Gasteiger partial charge in [0.15, 0.2) is 0 Å². The van der Waals surface area contributed by atoms with Crippen molar-refractivity contribution in [3.05, 3.63) is 51.1 Å². The number of hydrogen-bond acceptors (Lipinski definition) is 7. The van der Waals surface area contributed by atoms with Crippen molar-refractivity contribution in [2.45, 2.75) is 0 Å². The number of carbonyl (C=O) groups excluding carboxylic acids is 2. The van der Waals surface area contributed by atoms with Crippen LogP contribution in [0.25, 0.3) is 6.08 Å². The van der Waals surface area contributed by atoms with E-state index in [0.717, 1.165) is 27.6 Å². The number of benzene rings is 1. The Morgan fingerprint density at radius 1 is 1.30 bits per heavy atom. The van der Waals surface area contributed by atoms with Crippen LogP contribution < -0.4 is 5.32 Å². The maximum absolute atomic E-state index is 12.5. The highest BCUT2D eigenvalue weighted by Crippen LogP contribution is 2.33. The number of anilines is 1. The number of aromatic hydroxyl groups is 1. The number of nitrogens with one attached hydrogen (secondary N) is 1. The van der Waals surface area contributed by atoms with Crippen molar-refractivity contribution in [3.63, 3.8) is 0 Å². The zero-order valence-corrected chi connectivity index (χ0v) is 16.0. The molecule has 1 saturated heterocycles. The molecule has 1 fully saturated rings. The lowest BCUT2D eigenvalue weighted by Gasteiger charge is -2.15. The van der Waals surface area contributed by atoms with Gasteiger partial charge in [-0.05, 0) is 35.7 Å². The summed E-state index contributed by atoms with van der Waals surface area (Å²) in [5.41, 5.74) is -0.240. The van der Waals surface area contributed by atoms with Gasteiger partial charge in [0, 0.05) is 4.88 Å². The fraction of sp³-hybridized carbons (Fsp3) is 0.0588. The zero-order chi connectivity index (χ0) is 19.6. The van der Waals surface area contributed by atoms with E-state index in [2.05, 4.69) is 5.32 Å². The molecule has 2 heterocycles. The van der Waals surface area contributed by atoms with E-state index in [0.29, 0.717) is 4.91 Å². The van der Waals surface area contributed by atoms with Crippen LogP contribution >= 0.6 is 35.3 Å². The summed E-state index contributed by atoms with van der Waals surface area (Å²) in [6.45, 7) is -0.341. The zero-order valence-electron chi connectivity index (χ0n) is 13.5. The largest absolute Gasteiger partial charge is 0.508 e. The topological polar surface area (TPSA) is 107 Å². The fourth-order valence-electron chi connectivity index (χ4n) is 2.29. The van der Waals surface area contributed by atoms with E-state index in [1.165, 1.54) is 23.5 Å². The molecule has 1 aromatic carbocycles. The van der Waals surface area contributed by atoms with Crippen LogP contribution in [-0.2, 0) is 9.59 Å². The number of thiophene rings is 1. The van der Waals surface area contributed by atoms with Crippen LogP contribution in [-0.4, -0.2) is 43.8 Å². The highest BCUT2D eigenvalue weighted by molar-refractivity contribution is 8.26. The molecule has 0 aliphatic carbocycles. The Hall–Kier alpha value is -2.69. The molecule has 10 heteroatoms. The maximum Gasteiger partial charge on any atom is 0.337 e. The van der Waals surface area contributed by atoms with Gasteiger partial charge in [0.2, 0.25) is 5.91 Å². The maximum atomic E-state index is 12.5. The van der Waals surface area contributed by atoms with Gasteiger partial charge in [-0.15, -0.1) is 11.3 Å². The highest BCUT2D eigenvalue weighted by Gasteiger charge is 2.33. The van der Waals surface area contributed by atoms with E-state index in [9.17, 15) is 24.6 Å². The number of thioether (sulfide) groups is 1. The van der Waals surface area contributed by atoms with Crippen LogP contribution in [0.5, 0.6) is 5.75 Å². The van der Waals surface area contributed by atoms with Crippen LogP contribution in [0.15, 0.2) is 40.6 Å². The number of thiocarbonyl (C=S) groups is 1. The number of amides is 2. The summed E-state index contributed by atoms with van der Waals surface area (Å²) in [6.07, 6.45) is 1.71. The summed E-state index contributed by atoms with van der Waals surface area (Å²) in [7, 11) is 0. The van der Waals surface area contributed by atoms with Crippen molar-refractivity contribution in [2.75, 3.05) is 11.9 Å². The van der Waals surface area contributed by atoms with Gasteiger partial charge >= 0.3 is 5.97 Å². The lowest BCUT2D eigenvalue weighted by Crippen LogP contribution is -2.36. The number of carboxylic acid groups (broad SMARTS) is 1. The van der Waals surface area contributed by atoms with Gasteiger partial charge in [-0.2, -0.15) is 0 Å². The van der Waals surface area contributed by atoms with Crippen molar-refractivity contribution in [1.29, 1.82) is 0 Å². The first-order valence-electron chi connectivity index (χ1n) is 7.50. The molecule has 27 heavy (non-hydrogen) atoms. The van der Waals surface area contributed by atoms with E-state index in [1.807, 2.05) is 17.5 Å². The molecule has 1 aliphatic heterocycles. The van der Waals surface area contributed by atoms with Gasteiger partial charge in [0.1, 0.15) is 16.6 Å². The smallest absolute Gasteiger partial charge is 0.337 e. The van der Waals surface area contributed by atoms with Crippen LogP contribution in [0.1, 0.15) is 15.2 Å². The third kappa shape index (κ3) is 4.35. The van der Waals surface area contributed by atoms with Gasteiger partial charge < -0.3 is 15.5 Å². The van der Waals surface area contributed by atoms with Crippen molar-refractivity contribution in [3.8, 4) is 5.75 Å². The Kier molecular flexibility index (Phi) is 5.59. The first-order valence-corrected chi connectivity index (χ1v) is 9.60. The number of nitrogens with zero attached hydrogens (tertiary/aromatic N) is 1. The molecule has 0 bridgehead atoms. The van der Waals surface area contributed by atoms with E-state index >= 15 is 0 Å². The van der Waals surface area contributed by atoms with Crippen LogP contribution in [0.2, 0.25) is 0 Å². The summed E-state index contributed by atoms with van der Waals surface area (Å²) in [6, 6.07) is 7.29. The van der Waals surface area contributed by atoms with Gasteiger partial charge in [-0.1, -0.05) is 30.0 Å². The van der Waals surface area contributed by atoms with Gasteiger partial charge in [-0.3, -0.25) is 14.5 Å². The highest BCUT2D eigenvalue weighted by atomic mass is 32.2. The molecule has 1 aliphatic rings. The summed E-state index contributed by atoms with van der Waals surface area (Å²) in [5.74, 6) is -2.51. The molecular formula is C17H12N2O5S3. The SMILES string of the molecule is O=C(CN1C(=O)/C(=C\c2cccs2)SC1=S)Nc1ccc(O)cc1C(=O)O. The summed E-state index contributed by atoms with van der Waals surface area (Å²) in [4.78, 5) is 38.5. The predicted octanol–water partition coefficient (Wildman–Crippen LogP) is 2.99. The van der Waals surface area contributed by atoms with Crippen LogP contribution in [0.4, 0.5) is 5.69 Å². The van der Waals surface area contributed by atoms with Gasteiger partial charge in [0.05, 0.1) is 16.2 Å². The molecule has 0 spiro atoms. The molecule has 0 saturated carbocycles. The Bertz CT molecular complexity index is 969. The molecule has 0 atom stereocenters. The molecule has 3 rings (SSSR count). The van der Waals surface area contributed by atoms with Gasteiger partial charge in [-0.25, -0.2) is 4.79 Å². The average molecular weight is 420 g/mol. The number of rotatable bonds is 5. The minimum atomic E-state index is -1.30. The fourth-order valence-corrected chi connectivity index (χ4v) is 4.27. The monoisotopic (exact) mass is 420 g/mol. The predicted molar refractivity (Wildman–Crippen MR) is 108 cm³/mol. The Morgan fingerprint density at radius 2 is 2.07 bits per heavy atom. The van der Waals surface area contributed by atoms with E-state index in [4.69, 9.17) is 12.2 Å². The van der Waals surface area contributed by atoms with E-state index in [1.54, 1.807) is 6.08 Å². The molecule has 3 N–H and O–H groups in total. The first-order chi connectivity index (χ1) is 12.8. The summed E-state index contributed by atoms with van der Waals surface area (Å²) < 4.78 is 0.252. The minimum absolute atomic E-state index is 0.0184. The summed E-state index contributed by atoms with van der Waals surface area (Å²) in [5, 5.41) is 22.9. The molecule has 1 aromatic heterocycles. The van der Waals surface area contributed by atoms with E-state index in [-0.39, 0.29) is 33.8 Å². The third-order valence-corrected chi connectivity index (χ3v) is 5.70. The molecule has 2 amide bonds. The average Bonchev–Trinajstić information content (AvgIpc) is 3.21. The van der Waals surface area contributed by atoms with Crippen molar-refractivity contribution >= 4 is 69.2 Å². The second-order valence-corrected chi connectivity index (χ2v) is 8.02. The lowest BCUT2D eigenvalue weighted by molar-refractivity contribution is -0.126. The summed E-state index contributed by atoms with van der Waals surface area (Å²) >= 11 is 7.76. The quantitative estimate of drug-likeness (QED) is 0.388. The van der Waals surface area contributed by atoms with Gasteiger partial charge in [0.25, 0.3) is 5.91 Å². The standard InChI is InChI=1S/C17H12N2O5S3/c20-9-3-4-12(11(6-9)16(23)24)18-14(21)8-19-15(22)13(27-17(19)25)7-10-2-1-5-26-10/h1-7,20H,8H2,(H,18,21)(H,23,24)/b13-7+. The third-order valence-electron chi connectivity index (χ3n) is 3.50. The molecule has 7 nitrogen and oxygen atoms in total. The Balaban J connectivity index is 1.72. The second-order valence-electron chi connectivity index (χ2n) is 5.37. The number of hydrogen-bond donors (Lipinski definition) is 3. The van der Waals surface area contributed by atoms with Crippen LogP contribution in [0, 0.1) is 0 Å². The van der Waals surface area contributed by atoms with Crippen molar-refractivity contribution < 1.29 is 24.6 Å². The van der Waals surface area contributed by atoms with Crippen LogP contribution in [0.3, 0.4) is 0 Å². The number of phenols is 1. The molecule has 0 unspecified atom stereocenters. The van der Waals surface area contributed by atoms with E-state index < -0.39 is 11.9 Å². The molecule has 2 aromatic rings. The molecule has 138 valence electrons. The number of aromatic carboxylic acids is 1. The van der Waals surface area contributed by atoms with Crippen molar-refractivity contribution in [1.82, 2.24) is 4.90 Å². The number of carboxylic acids is 1. The molecule has 0 radical (unpaired) electrons.